The van der Waals surface area contributed by atoms with E-state index in [1.54, 1.807) is 0 Å². The fraction of sp³-hybridized carbons (Fsp3) is 0.750. The van der Waals surface area contributed by atoms with Gasteiger partial charge in [0.2, 0.25) is 0 Å². The molecule has 0 unspecified atom stereocenters. The summed E-state index contributed by atoms with van der Waals surface area (Å²) in [5.74, 6) is -14.9. The fourth-order valence-electron chi connectivity index (χ4n) is 0.280. The van der Waals surface area contributed by atoms with Gasteiger partial charge in [-0.2, -0.15) is 17.6 Å². The summed E-state index contributed by atoms with van der Waals surface area (Å²) in [6, 6.07) is 0. The number of hydrogen-bond acceptors (Lipinski definition) is 1. The zero-order valence-electron chi connectivity index (χ0n) is 5.50. The van der Waals surface area contributed by atoms with Crippen molar-refractivity contribution in [2.75, 3.05) is 0 Å². The molecule has 0 aromatic carbocycles. The number of hydrogen-bond donors (Lipinski definition) is 1. The van der Waals surface area contributed by atoms with Crippen LogP contribution in [0.3, 0.4) is 0 Å². The SMILES string of the molecule is O=C(O)C(F)(F)C(F)(F)C(F)F.[Ag]. The molecule has 0 saturated carbocycles. The third-order valence-corrected chi connectivity index (χ3v) is 0.961. The average molecular weight is 304 g/mol. The minimum atomic E-state index is -5.85. The van der Waals surface area contributed by atoms with Gasteiger partial charge in [-0.15, -0.1) is 0 Å². The quantitative estimate of drug-likeness (QED) is 0.635. The monoisotopic (exact) mass is 303 g/mol. The minimum Gasteiger partial charge on any atom is -0.477 e. The topological polar surface area (TPSA) is 37.3 Å². The fourth-order valence-corrected chi connectivity index (χ4v) is 0.280. The Morgan fingerprint density at radius 2 is 1.46 bits per heavy atom. The second kappa shape index (κ2) is 4.34. The molecular weight excluding hydrogens is 302 g/mol. The van der Waals surface area contributed by atoms with Crippen LogP contribution in [0.5, 0.6) is 0 Å². The van der Waals surface area contributed by atoms with Crippen molar-refractivity contribution in [2.24, 2.45) is 0 Å². The molecule has 0 saturated heterocycles. The molecule has 2 nitrogen and oxygen atoms in total. The van der Waals surface area contributed by atoms with Crippen LogP contribution in [0, 0.1) is 0 Å². The van der Waals surface area contributed by atoms with E-state index in [-0.39, 0.29) is 22.4 Å². The molecular formula is C4H2AgF6O2. The summed E-state index contributed by atoms with van der Waals surface area (Å²) < 4.78 is 69.2. The van der Waals surface area contributed by atoms with Crippen LogP contribution in [0.15, 0.2) is 0 Å². The summed E-state index contributed by atoms with van der Waals surface area (Å²) in [4.78, 5) is 9.41. The number of carbonyl (C=O) groups is 1. The van der Waals surface area contributed by atoms with Gasteiger partial charge in [-0.05, 0) is 0 Å². The van der Waals surface area contributed by atoms with Gasteiger partial charge >= 0.3 is 24.2 Å². The van der Waals surface area contributed by atoms with Gasteiger partial charge in [-0.1, -0.05) is 0 Å². The predicted molar refractivity (Wildman–Crippen MR) is 23.5 cm³/mol. The standard InChI is InChI=1S/C4H2F6O2.Ag/c5-1(6)3(7,8)4(9,10)2(11)12;/h1H,(H,11,12);. The van der Waals surface area contributed by atoms with Crippen LogP contribution in [0.1, 0.15) is 0 Å². The molecule has 0 aliphatic carbocycles. The molecule has 0 bridgehead atoms. The average Bonchev–Trinajstić information content (AvgIpc) is 1.86. The van der Waals surface area contributed by atoms with Gasteiger partial charge in [-0.25, -0.2) is 13.6 Å². The molecule has 13 heavy (non-hydrogen) atoms. The van der Waals surface area contributed by atoms with Gasteiger partial charge in [0.25, 0.3) is 0 Å². The first-order valence-electron chi connectivity index (χ1n) is 2.41. The van der Waals surface area contributed by atoms with Crippen molar-refractivity contribution in [3.05, 3.63) is 0 Å². The molecule has 0 heterocycles. The number of alkyl halides is 6. The van der Waals surface area contributed by atoms with Gasteiger partial charge in [0, 0.05) is 22.4 Å². The minimum absolute atomic E-state index is 0. The Morgan fingerprint density at radius 1 is 1.15 bits per heavy atom. The molecule has 1 N–H and O–H groups in total. The van der Waals surface area contributed by atoms with Crippen molar-refractivity contribution in [3.63, 3.8) is 0 Å². The zero-order chi connectivity index (χ0) is 10.2. The molecule has 0 aliphatic rings. The molecule has 0 spiro atoms. The van der Waals surface area contributed by atoms with Crippen molar-refractivity contribution in [1.29, 1.82) is 0 Å². The second-order valence-corrected chi connectivity index (χ2v) is 1.80. The maximum absolute atomic E-state index is 11.7. The van der Waals surface area contributed by atoms with Crippen LogP contribution < -0.4 is 0 Å². The van der Waals surface area contributed by atoms with E-state index in [0.717, 1.165) is 0 Å². The van der Waals surface area contributed by atoms with E-state index in [4.69, 9.17) is 5.11 Å². The van der Waals surface area contributed by atoms with Crippen LogP contribution >= 0.6 is 0 Å². The van der Waals surface area contributed by atoms with Crippen LogP contribution in [0.2, 0.25) is 0 Å². The Kier molecular flexibility index (Phi) is 5.09. The van der Waals surface area contributed by atoms with Gasteiger partial charge in [0.05, 0.1) is 0 Å². The number of aliphatic carboxylic acids is 1. The summed E-state index contributed by atoms with van der Waals surface area (Å²) >= 11 is 0. The van der Waals surface area contributed by atoms with E-state index in [1.807, 2.05) is 0 Å². The van der Waals surface area contributed by atoms with E-state index in [0.29, 0.717) is 0 Å². The molecule has 83 valence electrons. The summed E-state index contributed by atoms with van der Waals surface area (Å²) in [6.45, 7) is 0. The second-order valence-electron chi connectivity index (χ2n) is 1.80. The van der Waals surface area contributed by atoms with Crippen LogP contribution in [0.4, 0.5) is 26.3 Å². The van der Waals surface area contributed by atoms with E-state index < -0.39 is 24.2 Å². The van der Waals surface area contributed by atoms with Crippen LogP contribution in [-0.2, 0) is 27.2 Å². The Morgan fingerprint density at radius 3 is 1.54 bits per heavy atom. The number of rotatable bonds is 3. The van der Waals surface area contributed by atoms with Crippen LogP contribution in [-0.4, -0.2) is 29.3 Å². The van der Waals surface area contributed by atoms with Gasteiger partial charge < -0.3 is 5.11 Å². The molecule has 1 radical (unpaired) electrons. The van der Waals surface area contributed by atoms with Crippen LogP contribution in [0.25, 0.3) is 0 Å². The Labute approximate surface area is 83.4 Å². The number of halogens is 6. The Balaban J connectivity index is 0. The van der Waals surface area contributed by atoms with E-state index >= 15 is 0 Å². The molecule has 9 heteroatoms. The molecule has 0 aromatic heterocycles. The van der Waals surface area contributed by atoms with E-state index in [2.05, 4.69) is 0 Å². The molecule has 0 amide bonds. The molecule has 0 aliphatic heterocycles. The molecule has 0 fully saturated rings. The number of carboxylic acid groups (broad SMARTS) is 1. The van der Waals surface area contributed by atoms with Crippen molar-refractivity contribution >= 4 is 5.97 Å². The summed E-state index contributed by atoms with van der Waals surface area (Å²) in [7, 11) is 0. The first-order valence-corrected chi connectivity index (χ1v) is 2.41. The summed E-state index contributed by atoms with van der Waals surface area (Å²) in [5, 5.41) is 7.46. The number of carboxylic acids is 1. The largest absolute Gasteiger partial charge is 0.477 e. The first-order chi connectivity index (χ1) is 5.14. The smallest absolute Gasteiger partial charge is 0.410 e. The summed E-state index contributed by atoms with van der Waals surface area (Å²) in [6.07, 6.45) is -4.72. The van der Waals surface area contributed by atoms with E-state index in [1.165, 1.54) is 0 Å². The third-order valence-electron chi connectivity index (χ3n) is 0.961. The third kappa shape index (κ3) is 2.61. The van der Waals surface area contributed by atoms with Crippen molar-refractivity contribution in [1.82, 2.24) is 0 Å². The normalized spacial score (nSPS) is 12.5. The van der Waals surface area contributed by atoms with Crippen molar-refractivity contribution in [2.45, 2.75) is 18.3 Å². The van der Waals surface area contributed by atoms with Gasteiger partial charge in [-0.3, -0.25) is 0 Å². The summed E-state index contributed by atoms with van der Waals surface area (Å²) in [5.41, 5.74) is 0. The van der Waals surface area contributed by atoms with E-state index in [9.17, 15) is 31.1 Å². The Hall–Kier alpha value is -0.210. The molecule has 0 atom stereocenters. The Bertz CT molecular complexity index is 193. The predicted octanol–water partition coefficient (Wildman–Crippen LogP) is 1.60. The maximum Gasteiger partial charge on any atom is 0.410 e. The van der Waals surface area contributed by atoms with Crippen molar-refractivity contribution < 1.29 is 58.6 Å². The zero-order valence-corrected chi connectivity index (χ0v) is 6.98. The molecule has 0 rings (SSSR count). The maximum atomic E-state index is 11.7. The van der Waals surface area contributed by atoms with Gasteiger partial charge in [0.15, 0.2) is 0 Å². The van der Waals surface area contributed by atoms with Gasteiger partial charge in [0.1, 0.15) is 0 Å². The molecule has 0 aromatic rings. The van der Waals surface area contributed by atoms with Crippen molar-refractivity contribution in [3.8, 4) is 0 Å². The first kappa shape index (κ1) is 15.3.